The summed E-state index contributed by atoms with van der Waals surface area (Å²) in [7, 11) is 0. The number of likely N-dealkylation sites (tertiary alicyclic amines) is 1. The fourth-order valence-corrected chi connectivity index (χ4v) is 2.17. The molecule has 2 N–H and O–H groups in total. The van der Waals surface area contributed by atoms with E-state index in [2.05, 4.69) is 39.5 Å². The van der Waals surface area contributed by atoms with E-state index in [0.29, 0.717) is 11.5 Å². The van der Waals surface area contributed by atoms with E-state index >= 15 is 0 Å². The molecule has 0 spiro atoms. The Hall–Kier alpha value is -0.0800. The van der Waals surface area contributed by atoms with Gasteiger partial charge in [-0.2, -0.15) is 0 Å². The van der Waals surface area contributed by atoms with Crippen LogP contribution in [-0.2, 0) is 0 Å². The number of hydrogen-bond acceptors (Lipinski definition) is 2. The van der Waals surface area contributed by atoms with Gasteiger partial charge in [0.1, 0.15) is 0 Å². The van der Waals surface area contributed by atoms with Crippen LogP contribution in [-0.4, -0.2) is 30.6 Å². The third kappa shape index (κ3) is 4.12. The summed E-state index contributed by atoms with van der Waals surface area (Å²) in [6.45, 7) is 15.1. The molecule has 0 aliphatic carbocycles. The third-order valence-electron chi connectivity index (χ3n) is 3.63. The zero-order valence-corrected chi connectivity index (χ0v) is 11.1. The van der Waals surface area contributed by atoms with E-state index in [1.54, 1.807) is 0 Å². The van der Waals surface area contributed by atoms with Gasteiger partial charge in [-0.25, -0.2) is 0 Å². The van der Waals surface area contributed by atoms with Crippen molar-refractivity contribution in [1.29, 1.82) is 0 Å². The van der Waals surface area contributed by atoms with Crippen LogP contribution < -0.4 is 5.73 Å². The van der Waals surface area contributed by atoms with Crippen molar-refractivity contribution in [3.8, 4) is 0 Å². The first-order chi connectivity index (χ1) is 6.71. The highest BCUT2D eigenvalue weighted by Crippen LogP contribution is 2.29. The van der Waals surface area contributed by atoms with Crippen molar-refractivity contribution < 1.29 is 0 Å². The molecule has 1 saturated heterocycles. The molecule has 0 aromatic heterocycles. The van der Waals surface area contributed by atoms with Gasteiger partial charge < -0.3 is 10.6 Å². The summed E-state index contributed by atoms with van der Waals surface area (Å²) >= 11 is 0. The van der Waals surface area contributed by atoms with Gasteiger partial charge in [0, 0.05) is 12.6 Å². The molecule has 1 unspecified atom stereocenters. The molecule has 15 heavy (non-hydrogen) atoms. The minimum absolute atomic E-state index is 0.245. The second kappa shape index (κ2) is 4.42. The van der Waals surface area contributed by atoms with E-state index in [-0.39, 0.29) is 5.41 Å². The predicted molar refractivity (Wildman–Crippen MR) is 66.9 cm³/mol. The molecule has 0 aromatic rings. The fraction of sp³-hybridized carbons (Fsp3) is 1.00. The largest absolute Gasteiger partial charge is 0.327 e. The quantitative estimate of drug-likeness (QED) is 0.779. The predicted octanol–water partition coefficient (Wildman–Crippen LogP) is 2.48. The van der Waals surface area contributed by atoms with E-state index in [1.807, 2.05) is 0 Å². The minimum Gasteiger partial charge on any atom is -0.327 e. The topological polar surface area (TPSA) is 29.3 Å². The lowest BCUT2D eigenvalue weighted by atomic mass is 9.85. The Morgan fingerprint density at radius 3 is 2.33 bits per heavy atom. The monoisotopic (exact) mass is 212 g/mol. The highest BCUT2D eigenvalue weighted by Gasteiger charge is 2.29. The Morgan fingerprint density at radius 2 is 1.93 bits per heavy atom. The van der Waals surface area contributed by atoms with Crippen molar-refractivity contribution in [1.82, 2.24) is 4.90 Å². The summed E-state index contributed by atoms with van der Waals surface area (Å²) in [5, 5.41) is 0. The molecule has 0 radical (unpaired) electrons. The summed E-state index contributed by atoms with van der Waals surface area (Å²) in [6, 6.07) is 0.321. The Morgan fingerprint density at radius 1 is 1.33 bits per heavy atom. The molecular formula is C13H28N2. The van der Waals surface area contributed by atoms with Gasteiger partial charge in [0.2, 0.25) is 0 Å². The maximum absolute atomic E-state index is 6.17. The molecule has 0 aromatic carbocycles. The molecule has 1 heterocycles. The lowest BCUT2D eigenvalue weighted by Crippen LogP contribution is -2.38. The highest BCUT2D eigenvalue weighted by atomic mass is 15.2. The molecule has 0 saturated carbocycles. The Labute approximate surface area is 95.2 Å². The molecule has 0 amide bonds. The van der Waals surface area contributed by atoms with Crippen molar-refractivity contribution in [2.45, 2.75) is 53.5 Å². The van der Waals surface area contributed by atoms with Crippen LogP contribution in [0.25, 0.3) is 0 Å². The van der Waals surface area contributed by atoms with Crippen molar-refractivity contribution in [2.75, 3.05) is 19.6 Å². The number of nitrogens with two attached hydrogens (primary N) is 1. The van der Waals surface area contributed by atoms with Crippen molar-refractivity contribution in [3.63, 3.8) is 0 Å². The SMILES string of the molecule is CC1(C)CCN(CCC(N)C(C)(C)C)C1. The van der Waals surface area contributed by atoms with E-state index in [9.17, 15) is 0 Å². The number of rotatable bonds is 3. The molecule has 90 valence electrons. The van der Waals surface area contributed by atoms with Crippen LogP contribution in [0.2, 0.25) is 0 Å². The van der Waals surface area contributed by atoms with E-state index < -0.39 is 0 Å². The van der Waals surface area contributed by atoms with Crippen molar-refractivity contribution >= 4 is 0 Å². The van der Waals surface area contributed by atoms with Crippen molar-refractivity contribution in [3.05, 3.63) is 0 Å². The van der Waals surface area contributed by atoms with Crippen LogP contribution in [0.1, 0.15) is 47.5 Å². The van der Waals surface area contributed by atoms with Crippen LogP contribution in [0.15, 0.2) is 0 Å². The van der Waals surface area contributed by atoms with Crippen LogP contribution in [0, 0.1) is 10.8 Å². The summed E-state index contributed by atoms with van der Waals surface area (Å²) in [5.41, 5.74) is 6.93. The summed E-state index contributed by atoms with van der Waals surface area (Å²) in [4.78, 5) is 2.56. The molecule has 1 atom stereocenters. The lowest BCUT2D eigenvalue weighted by molar-refractivity contribution is 0.240. The average molecular weight is 212 g/mol. The molecule has 1 aliphatic rings. The normalized spacial score (nSPS) is 24.4. The van der Waals surface area contributed by atoms with Gasteiger partial charge in [-0.15, -0.1) is 0 Å². The van der Waals surface area contributed by atoms with Gasteiger partial charge in [0.05, 0.1) is 0 Å². The maximum Gasteiger partial charge on any atom is 0.00998 e. The van der Waals surface area contributed by atoms with Gasteiger partial charge in [-0.05, 0) is 36.8 Å². The summed E-state index contributed by atoms with van der Waals surface area (Å²) in [5.74, 6) is 0. The molecule has 1 rings (SSSR count). The summed E-state index contributed by atoms with van der Waals surface area (Å²) in [6.07, 6.45) is 2.46. The first-order valence-corrected chi connectivity index (χ1v) is 6.19. The minimum atomic E-state index is 0.245. The van der Waals surface area contributed by atoms with Gasteiger partial charge in [0.25, 0.3) is 0 Å². The highest BCUT2D eigenvalue weighted by molar-refractivity contribution is 4.84. The Balaban J connectivity index is 2.27. The zero-order valence-electron chi connectivity index (χ0n) is 11.1. The van der Waals surface area contributed by atoms with Gasteiger partial charge >= 0.3 is 0 Å². The molecule has 2 nitrogen and oxygen atoms in total. The average Bonchev–Trinajstić information content (AvgIpc) is 2.39. The van der Waals surface area contributed by atoms with Gasteiger partial charge in [-0.3, -0.25) is 0 Å². The van der Waals surface area contributed by atoms with Gasteiger partial charge in [0.15, 0.2) is 0 Å². The van der Waals surface area contributed by atoms with Crippen LogP contribution >= 0.6 is 0 Å². The zero-order chi connectivity index (χ0) is 11.7. The smallest absolute Gasteiger partial charge is 0.00998 e. The van der Waals surface area contributed by atoms with Crippen LogP contribution in [0.3, 0.4) is 0 Å². The van der Waals surface area contributed by atoms with E-state index in [1.165, 1.54) is 26.1 Å². The molecule has 2 heteroatoms. The van der Waals surface area contributed by atoms with E-state index in [0.717, 1.165) is 6.42 Å². The Bertz CT molecular complexity index is 203. The van der Waals surface area contributed by atoms with Crippen LogP contribution in [0.4, 0.5) is 0 Å². The second-order valence-corrected chi connectivity index (χ2v) is 6.95. The third-order valence-corrected chi connectivity index (χ3v) is 3.63. The number of hydrogen-bond donors (Lipinski definition) is 1. The maximum atomic E-state index is 6.17. The second-order valence-electron chi connectivity index (χ2n) is 6.95. The van der Waals surface area contributed by atoms with Gasteiger partial charge in [-0.1, -0.05) is 34.6 Å². The van der Waals surface area contributed by atoms with Crippen LogP contribution in [0.5, 0.6) is 0 Å². The lowest BCUT2D eigenvalue weighted by Gasteiger charge is -2.29. The molecule has 1 fully saturated rings. The first kappa shape index (κ1) is 13.0. The molecular weight excluding hydrogens is 184 g/mol. The fourth-order valence-electron chi connectivity index (χ4n) is 2.17. The first-order valence-electron chi connectivity index (χ1n) is 6.19. The Kier molecular flexibility index (Phi) is 3.83. The number of nitrogens with zero attached hydrogens (tertiary/aromatic N) is 1. The summed E-state index contributed by atoms with van der Waals surface area (Å²) < 4.78 is 0. The molecule has 0 bridgehead atoms. The van der Waals surface area contributed by atoms with Crippen molar-refractivity contribution in [2.24, 2.45) is 16.6 Å². The standard InChI is InChI=1S/C13H28N2/c1-12(2,3)11(14)6-8-15-9-7-13(4,5)10-15/h11H,6-10,14H2,1-5H3. The van der Waals surface area contributed by atoms with E-state index in [4.69, 9.17) is 5.73 Å². The molecule has 1 aliphatic heterocycles.